The molecule has 0 atom stereocenters. The Bertz CT molecular complexity index is 436. The second-order valence-corrected chi connectivity index (χ2v) is 3.90. The van der Waals surface area contributed by atoms with Crippen molar-refractivity contribution in [1.82, 2.24) is 4.98 Å². The van der Waals surface area contributed by atoms with E-state index in [1.807, 2.05) is 12.1 Å². The first-order chi connectivity index (χ1) is 7.33. The van der Waals surface area contributed by atoms with Gasteiger partial charge < -0.3 is 9.73 Å². The van der Waals surface area contributed by atoms with Crippen molar-refractivity contribution in [2.75, 3.05) is 18.6 Å². The summed E-state index contributed by atoms with van der Waals surface area (Å²) in [5.74, 6) is 0. The molecule has 0 aliphatic carbocycles. The van der Waals surface area contributed by atoms with Crippen molar-refractivity contribution in [3.63, 3.8) is 0 Å². The van der Waals surface area contributed by atoms with Crippen LogP contribution in [0, 0.1) is 0 Å². The molecule has 0 fully saturated rings. The van der Waals surface area contributed by atoms with Crippen LogP contribution in [-0.2, 0) is 0 Å². The Labute approximate surface area is 92.9 Å². The third-order valence-corrected chi connectivity index (χ3v) is 2.85. The second kappa shape index (κ2) is 4.40. The highest BCUT2D eigenvalue weighted by molar-refractivity contribution is 7.98. The molecule has 3 nitrogen and oxygen atoms in total. The Kier molecular flexibility index (Phi) is 2.97. The molecule has 0 spiro atoms. The fourth-order valence-corrected chi connectivity index (χ4v) is 1.69. The summed E-state index contributed by atoms with van der Waals surface area (Å²) < 4.78 is 5.20. The fraction of sp³-hybridized carbons (Fsp3) is 0.182. The fourth-order valence-electron chi connectivity index (χ4n) is 1.28. The quantitative estimate of drug-likeness (QED) is 0.807. The zero-order valence-corrected chi connectivity index (χ0v) is 9.47. The Morgan fingerprint density at radius 3 is 2.53 bits per heavy atom. The van der Waals surface area contributed by atoms with E-state index in [1.54, 1.807) is 25.1 Å². The molecule has 78 valence electrons. The highest BCUT2D eigenvalue weighted by atomic mass is 32.2. The van der Waals surface area contributed by atoms with Crippen LogP contribution in [0.25, 0.3) is 11.3 Å². The van der Waals surface area contributed by atoms with E-state index in [9.17, 15) is 0 Å². The number of rotatable bonds is 3. The van der Waals surface area contributed by atoms with Crippen LogP contribution in [0.2, 0.25) is 0 Å². The molecule has 2 aromatic rings. The van der Waals surface area contributed by atoms with Gasteiger partial charge in [-0.05, 0) is 18.4 Å². The number of oxazole rings is 1. The van der Waals surface area contributed by atoms with E-state index in [2.05, 4.69) is 28.7 Å². The standard InChI is InChI=1S/C11H12N2OS/c1-12-11-13-10(7-14-11)8-3-5-9(15-2)6-4-8/h3-7H,1-2H3,(H,12,13). The first kappa shape index (κ1) is 10.1. The number of aromatic nitrogens is 1. The molecule has 1 aromatic carbocycles. The normalized spacial score (nSPS) is 10.3. The van der Waals surface area contributed by atoms with Gasteiger partial charge in [-0.2, -0.15) is 4.98 Å². The molecule has 0 aliphatic heterocycles. The van der Waals surface area contributed by atoms with E-state index in [-0.39, 0.29) is 0 Å². The van der Waals surface area contributed by atoms with Crippen molar-refractivity contribution in [3.05, 3.63) is 30.5 Å². The van der Waals surface area contributed by atoms with Crippen LogP contribution in [0.5, 0.6) is 0 Å². The summed E-state index contributed by atoms with van der Waals surface area (Å²) in [4.78, 5) is 5.52. The zero-order chi connectivity index (χ0) is 10.7. The van der Waals surface area contributed by atoms with Gasteiger partial charge in [0.1, 0.15) is 12.0 Å². The van der Waals surface area contributed by atoms with E-state index >= 15 is 0 Å². The van der Waals surface area contributed by atoms with Gasteiger partial charge in [0.15, 0.2) is 0 Å². The lowest BCUT2D eigenvalue weighted by atomic mass is 10.2. The minimum absolute atomic E-state index is 0.541. The van der Waals surface area contributed by atoms with E-state index in [4.69, 9.17) is 4.42 Å². The molecule has 0 unspecified atom stereocenters. The second-order valence-electron chi connectivity index (χ2n) is 3.02. The Morgan fingerprint density at radius 2 is 2.00 bits per heavy atom. The van der Waals surface area contributed by atoms with Gasteiger partial charge in [0.05, 0.1) is 0 Å². The lowest BCUT2D eigenvalue weighted by Gasteiger charge is -1.97. The molecule has 15 heavy (non-hydrogen) atoms. The van der Waals surface area contributed by atoms with Crippen molar-refractivity contribution in [2.45, 2.75) is 4.90 Å². The molecule has 0 radical (unpaired) electrons. The largest absolute Gasteiger partial charge is 0.432 e. The van der Waals surface area contributed by atoms with Crippen molar-refractivity contribution in [2.24, 2.45) is 0 Å². The van der Waals surface area contributed by atoms with Gasteiger partial charge in [-0.15, -0.1) is 11.8 Å². The Morgan fingerprint density at radius 1 is 1.27 bits per heavy atom. The first-order valence-corrected chi connectivity index (χ1v) is 5.83. The van der Waals surface area contributed by atoms with Gasteiger partial charge >= 0.3 is 0 Å². The van der Waals surface area contributed by atoms with Crippen LogP contribution in [0.4, 0.5) is 6.01 Å². The lowest BCUT2D eigenvalue weighted by molar-refractivity contribution is 0.576. The Balaban J connectivity index is 2.28. The van der Waals surface area contributed by atoms with E-state index in [0.717, 1.165) is 11.3 Å². The lowest BCUT2D eigenvalue weighted by Crippen LogP contribution is -1.86. The number of anilines is 1. The van der Waals surface area contributed by atoms with E-state index in [0.29, 0.717) is 6.01 Å². The van der Waals surface area contributed by atoms with E-state index in [1.165, 1.54) is 4.90 Å². The van der Waals surface area contributed by atoms with Crippen molar-refractivity contribution in [3.8, 4) is 11.3 Å². The van der Waals surface area contributed by atoms with Gasteiger partial charge in [-0.25, -0.2) is 0 Å². The molecule has 1 heterocycles. The summed E-state index contributed by atoms with van der Waals surface area (Å²) in [6.45, 7) is 0. The molecular weight excluding hydrogens is 208 g/mol. The van der Waals surface area contributed by atoms with Crippen LogP contribution in [-0.4, -0.2) is 18.3 Å². The maximum Gasteiger partial charge on any atom is 0.294 e. The minimum atomic E-state index is 0.541. The SMILES string of the molecule is CNc1nc(-c2ccc(SC)cc2)co1. The van der Waals surface area contributed by atoms with Crippen LogP contribution < -0.4 is 5.32 Å². The molecule has 0 saturated carbocycles. The summed E-state index contributed by atoms with van der Waals surface area (Å²) >= 11 is 1.73. The molecule has 0 saturated heterocycles. The predicted molar refractivity (Wildman–Crippen MR) is 63.3 cm³/mol. The molecule has 0 aliphatic rings. The Hall–Kier alpha value is -1.42. The molecule has 0 amide bonds. The van der Waals surface area contributed by atoms with Crippen LogP contribution in [0.1, 0.15) is 0 Å². The van der Waals surface area contributed by atoms with Gasteiger partial charge in [0, 0.05) is 17.5 Å². The molecule has 1 N–H and O–H groups in total. The van der Waals surface area contributed by atoms with Gasteiger partial charge in [-0.3, -0.25) is 0 Å². The molecular formula is C11H12N2OS. The number of thioether (sulfide) groups is 1. The van der Waals surface area contributed by atoms with Gasteiger partial charge in [0.25, 0.3) is 6.01 Å². The number of hydrogen-bond donors (Lipinski definition) is 1. The summed E-state index contributed by atoms with van der Waals surface area (Å²) in [5, 5.41) is 2.86. The zero-order valence-electron chi connectivity index (χ0n) is 8.65. The maximum absolute atomic E-state index is 5.20. The van der Waals surface area contributed by atoms with Crippen LogP contribution in [0.15, 0.2) is 39.8 Å². The smallest absolute Gasteiger partial charge is 0.294 e. The minimum Gasteiger partial charge on any atom is -0.432 e. The average Bonchev–Trinajstić information content (AvgIpc) is 2.78. The first-order valence-electron chi connectivity index (χ1n) is 4.61. The third-order valence-electron chi connectivity index (χ3n) is 2.10. The number of hydrogen-bond acceptors (Lipinski definition) is 4. The summed E-state index contributed by atoms with van der Waals surface area (Å²) in [5.41, 5.74) is 1.92. The number of nitrogens with zero attached hydrogens (tertiary/aromatic N) is 1. The van der Waals surface area contributed by atoms with Crippen molar-refractivity contribution < 1.29 is 4.42 Å². The highest BCUT2D eigenvalue weighted by Crippen LogP contribution is 2.23. The van der Waals surface area contributed by atoms with Crippen LogP contribution in [0.3, 0.4) is 0 Å². The third kappa shape index (κ3) is 2.15. The summed E-state index contributed by atoms with van der Waals surface area (Å²) in [6.07, 6.45) is 3.71. The van der Waals surface area contributed by atoms with Gasteiger partial charge in [-0.1, -0.05) is 12.1 Å². The average molecular weight is 220 g/mol. The molecule has 2 rings (SSSR count). The molecule has 1 aromatic heterocycles. The number of benzene rings is 1. The maximum atomic E-state index is 5.20. The number of nitrogens with one attached hydrogen (secondary N) is 1. The van der Waals surface area contributed by atoms with Gasteiger partial charge in [0.2, 0.25) is 0 Å². The predicted octanol–water partition coefficient (Wildman–Crippen LogP) is 3.11. The van der Waals surface area contributed by atoms with Crippen molar-refractivity contribution >= 4 is 17.8 Å². The van der Waals surface area contributed by atoms with Crippen LogP contribution >= 0.6 is 11.8 Å². The highest BCUT2D eigenvalue weighted by Gasteiger charge is 2.04. The molecule has 0 bridgehead atoms. The van der Waals surface area contributed by atoms with Crippen molar-refractivity contribution in [1.29, 1.82) is 0 Å². The topological polar surface area (TPSA) is 38.1 Å². The molecule has 4 heteroatoms. The monoisotopic (exact) mass is 220 g/mol. The summed E-state index contributed by atoms with van der Waals surface area (Å²) in [6, 6.07) is 8.78. The summed E-state index contributed by atoms with van der Waals surface area (Å²) in [7, 11) is 1.78. The van der Waals surface area contributed by atoms with E-state index < -0.39 is 0 Å².